The van der Waals surface area contributed by atoms with E-state index >= 15 is 0 Å². The van der Waals surface area contributed by atoms with Crippen molar-refractivity contribution < 1.29 is 14.4 Å². The number of ether oxygens (including phenoxy) is 1. The van der Waals surface area contributed by atoms with Crippen LogP contribution in [0.3, 0.4) is 0 Å². The van der Waals surface area contributed by atoms with Gasteiger partial charge in [-0.2, -0.15) is 0 Å². The predicted octanol–water partition coefficient (Wildman–Crippen LogP) is 6.20. The fourth-order valence-electron chi connectivity index (χ4n) is 4.78. The maximum absolute atomic E-state index is 9.95. The molecule has 3 heterocycles. The molecule has 2 aromatic carbocycles. The summed E-state index contributed by atoms with van der Waals surface area (Å²) in [5, 5.41) is 15.6. The molecule has 0 bridgehead atoms. The minimum Gasteiger partial charge on any atom is -0.456 e. The summed E-state index contributed by atoms with van der Waals surface area (Å²) in [6, 6.07) is 17.5. The smallest absolute Gasteiger partial charge is 0.230 e. The van der Waals surface area contributed by atoms with Crippen molar-refractivity contribution in [2.24, 2.45) is 17.0 Å². The van der Waals surface area contributed by atoms with E-state index in [4.69, 9.17) is 9.15 Å². The van der Waals surface area contributed by atoms with Gasteiger partial charge < -0.3 is 19.3 Å². The molecule has 2 atom stereocenters. The summed E-state index contributed by atoms with van der Waals surface area (Å²) < 4.78 is 12.2. The number of rotatable bonds is 3. The highest BCUT2D eigenvalue weighted by molar-refractivity contribution is 6.05. The Bertz CT molecular complexity index is 1300. The first kappa shape index (κ1) is 20.4. The average molecular weight is 430 g/mol. The molecule has 1 fully saturated rings. The van der Waals surface area contributed by atoms with Crippen molar-refractivity contribution in [3.63, 3.8) is 0 Å². The molecule has 1 N–H and O–H groups in total. The van der Waals surface area contributed by atoms with Gasteiger partial charge in [0, 0.05) is 29.6 Å². The number of amidine groups is 1. The van der Waals surface area contributed by atoms with E-state index in [-0.39, 0.29) is 0 Å². The Kier molecular flexibility index (Phi) is 5.21. The Morgan fingerprint density at radius 2 is 1.78 bits per heavy atom. The normalized spacial score (nSPS) is 19.6. The van der Waals surface area contributed by atoms with Gasteiger partial charge in [0.25, 0.3) is 0 Å². The highest BCUT2D eigenvalue weighted by Crippen LogP contribution is 2.34. The zero-order valence-electron chi connectivity index (χ0n) is 18.6. The molecule has 0 aliphatic carbocycles. The van der Waals surface area contributed by atoms with Gasteiger partial charge in [-0.15, -0.1) is 0 Å². The summed E-state index contributed by atoms with van der Waals surface area (Å²) in [7, 11) is 0. The number of aromatic nitrogens is 1. The molecule has 1 aliphatic rings. The molecule has 5 rings (SSSR count). The number of para-hydroxylation sites is 1. The molecule has 6 heteroatoms. The minimum atomic E-state index is 0.427. The highest BCUT2D eigenvalue weighted by Gasteiger charge is 2.27. The number of aryl methyl sites for hydroxylation is 1. The second-order valence-corrected chi connectivity index (χ2v) is 8.94. The van der Waals surface area contributed by atoms with Gasteiger partial charge in [-0.25, -0.2) is 4.98 Å². The maximum Gasteiger partial charge on any atom is 0.230 e. The highest BCUT2D eigenvalue weighted by atomic mass is 16.5. The first-order valence-corrected chi connectivity index (χ1v) is 11.1. The van der Waals surface area contributed by atoms with Crippen molar-refractivity contribution in [2.45, 2.75) is 27.2 Å². The lowest BCUT2D eigenvalue weighted by Gasteiger charge is -2.36. The van der Waals surface area contributed by atoms with E-state index in [9.17, 15) is 5.21 Å². The minimum absolute atomic E-state index is 0.427. The lowest BCUT2D eigenvalue weighted by molar-refractivity contribution is 0.204. The summed E-state index contributed by atoms with van der Waals surface area (Å²) >= 11 is 0. The molecule has 0 saturated carbocycles. The molecule has 1 saturated heterocycles. The van der Waals surface area contributed by atoms with Gasteiger partial charge in [-0.1, -0.05) is 37.2 Å². The zero-order valence-corrected chi connectivity index (χ0v) is 18.6. The monoisotopic (exact) mass is 429 g/mol. The topological polar surface area (TPSA) is 71.1 Å². The van der Waals surface area contributed by atoms with Crippen molar-refractivity contribution in [2.75, 3.05) is 13.1 Å². The van der Waals surface area contributed by atoms with Crippen LogP contribution in [-0.2, 0) is 0 Å². The van der Waals surface area contributed by atoms with E-state index in [1.807, 2.05) is 61.5 Å². The molecule has 0 amide bonds. The van der Waals surface area contributed by atoms with E-state index < -0.39 is 0 Å². The number of oxime groups is 1. The van der Waals surface area contributed by atoms with Crippen LogP contribution < -0.4 is 4.74 Å². The second-order valence-electron chi connectivity index (χ2n) is 8.94. The number of fused-ring (bicyclic) bond motifs is 3. The van der Waals surface area contributed by atoms with Gasteiger partial charge in [0.1, 0.15) is 16.9 Å². The number of furan rings is 1. The molecule has 164 valence electrons. The van der Waals surface area contributed by atoms with Crippen LogP contribution in [0.15, 0.2) is 64.2 Å². The van der Waals surface area contributed by atoms with E-state index in [0.717, 1.165) is 40.7 Å². The van der Waals surface area contributed by atoms with Crippen molar-refractivity contribution in [3.8, 4) is 11.6 Å². The molecular formula is C26H27N3O3. The standard InChI is InChI=1S/C26H27N3O3/c1-16-12-17(2)15-29(14-16)25(28-30)21-10-8-18(3)27-26(21)31-19-9-11-24-22(13-19)20-6-4-5-7-23(20)32-24/h4-11,13,16-17,30H,12,14-15H2,1-3H3/b28-25-. The molecule has 0 radical (unpaired) electrons. The molecule has 1 aliphatic heterocycles. The molecule has 32 heavy (non-hydrogen) atoms. The van der Waals surface area contributed by atoms with Crippen LogP contribution in [0, 0.1) is 18.8 Å². The van der Waals surface area contributed by atoms with E-state index in [2.05, 4.69) is 28.9 Å². The van der Waals surface area contributed by atoms with Gasteiger partial charge in [0.15, 0.2) is 5.84 Å². The third kappa shape index (κ3) is 3.77. The quantitative estimate of drug-likeness (QED) is 0.182. The zero-order chi connectivity index (χ0) is 22.2. The fraction of sp³-hybridized carbons (Fsp3) is 0.308. The Morgan fingerprint density at radius 3 is 2.56 bits per heavy atom. The maximum atomic E-state index is 9.95. The summed E-state index contributed by atoms with van der Waals surface area (Å²) in [6.07, 6.45) is 1.17. The first-order chi connectivity index (χ1) is 15.5. The number of hydrogen-bond acceptors (Lipinski definition) is 5. The Hall–Kier alpha value is -3.54. The number of piperidine rings is 1. The van der Waals surface area contributed by atoms with Crippen LogP contribution in [0.1, 0.15) is 31.5 Å². The van der Waals surface area contributed by atoms with Gasteiger partial charge in [0.05, 0.1) is 5.56 Å². The molecule has 2 unspecified atom stereocenters. The Labute approximate surface area is 187 Å². The predicted molar refractivity (Wildman–Crippen MR) is 126 cm³/mol. The number of likely N-dealkylation sites (tertiary alicyclic amines) is 1. The summed E-state index contributed by atoms with van der Waals surface area (Å²) in [4.78, 5) is 6.77. The van der Waals surface area contributed by atoms with E-state index in [0.29, 0.717) is 34.9 Å². The van der Waals surface area contributed by atoms with Crippen LogP contribution in [0.25, 0.3) is 21.9 Å². The summed E-state index contributed by atoms with van der Waals surface area (Å²) in [5.41, 5.74) is 3.16. The molecule has 0 spiro atoms. The number of hydrogen-bond donors (Lipinski definition) is 1. The lowest BCUT2D eigenvalue weighted by Crippen LogP contribution is -2.43. The van der Waals surface area contributed by atoms with Gasteiger partial charge in [-0.3, -0.25) is 0 Å². The van der Waals surface area contributed by atoms with Crippen LogP contribution >= 0.6 is 0 Å². The third-order valence-electron chi connectivity index (χ3n) is 6.07. The van der Waals surface area contributed by atoms with E-state index in [1.54, 1.807) is 0 Å². The second kappa shape index (κ2) is 8.19. The molecular weight excluding hydrogens is 402 g/mol. The Morgan fingerprint density at radius 1 is 1.03 bits per heavy atom. The lowest BCUT2D eigenvalue weighted by atomic mass is 9.91. The average Bonchev–Trinajstić information content (AvgIpc) is 3.13. The van der Waals surface area contributed by atoms with Crippen molar-refractivity contribution in [1.29, 1.82) is 0 Å². The van der Waals surface area contributed by atoms with Crippen molar-refractivity contribution >= 4 is 27.8 Å². The fourth-order valence-corrected chi connectivity index (χ4v) is 4.78. The molecule has 4 aromatic rings. The number of pyridine rings is 1. The SMILES string of the molecule is Cc1ccc(/C(=N/O)N2CC(C)CC(C)C2)c(Oc2ccc3oc4ccccc4c3c2)n1. The van der Waals surface area contributed by atoms with Crippen LogP contribution in [0.5, 0.6) is 11.6 Å². The number of benzene rings is 2. The van der Waals surface area contributed by atoms with Gasteiger partial charge in [0.2, 0.25) is 5.88 Å². The molecule has 6 nitrogen and oxygen atoms in total. The Balaban J connectivity index is 1.53. The van der Waals surface area contributed by atoms with Gasteiger partial charge >= 0.3 is 0 Å². The molecule has 2 aromatic heterocycles. The summed E-state index contributed by atoms with van der Waals surface area (Å²) in [5.74, 6) is 2.63. The third-order valence-corrected chi connectivity index (χ3v) is 6.07. The number of nitrogens with zero attached hydrogens (tertiary/aromatic N) is 3. The van der Waals surface area contributed by atoms with Crippen molar-refractivity contribution in [3.05, 3.63) is 65.9 Å². The van der Waals surface area contributed by atoms with Crippen LogP contribution in [-0.4, -0.2) is 34.0 Å². The van der Waals surface area contributed by atoms with Crippen molar-refractivity contribution in [1.82, 2.24) is 9.88 Å². The largest absolute Gasteiger partial charge is 0.456 e. The summed E-state index contributed by atoms with van der Waals surface area (Å²) in [6.45, 7) is 8.05. The van der Waals surface area contributed by atoms with Crippen LogP contribution in [0.2, 0.25) is 0 Å². The van der Waals surface area contributed by atoms with Gasteiger partial charge in [-0.05, 0) is 61.6 Å². The van der Waals surface area contributed by atoms with Crippen LogP contribution in [0.4, 0.5) is 0 Å². The van der Waals surface area contributed by atoms with E-state index in [1.165, 1.54) is 6.42 Å². The first-order valence-electron chi connectivity index (χ1n) is 11.1.